The Balaban J connectivity index is 1.43. The van der Waals surface area contributed by atoms with Crippen molar-refractivity contribution >= 4 is 5.91 Å². The maximum Gasteiger partial charge on any atom is 0.276 e. The minimum Gasteiger partial charge on any atom is -0.336 e. The summed E-state index contributed by atoms with van der Waals surface area (Å²) in [5, 5.41) is 8.38. The van der Waals surface area contributed by atoms with Crippen molar-refractivity contribution in [3.05, 3.63) is 76.0 Å². The topological polar surface area (TPSA) is 73.0 Å². The van der Waals surface area contributed by atoms with Crippen LogP contribution >= 0.6 is 0 Å². The number of fused-ring (bicyclic) bond motifs is 4. The normalized spacial score (nSPS) is 20.7. The first-order chi connectivity index (χ1) is 13.6. The lowest BCUT2D eigenvalue weighted by Crippen LogP contribution is -2.49. The minimum atomic E-state index is -0.0823. The fraction of sp³-hybridized carbons (Fsp3) is 0.333. The molecule has 28 heavy (non-hydrogen) atoms. The molecule has 5 rings (SSSR count). The third-order valence-corrected chi connectivity index (χ3v) is 5.86. The van der Waals surface area contributed by atoms with E-state index in [-0.39, 0.29) is 17.4 Å². The number of carbonyl (C=O) groups excluding carboxylic acids is 1. The molecule has 0 aliphatic carbocycles. The fourth-order valence-electron chi connectivity index (χ4n) is 4.55. The molecule has 2 aromatic heterocycles. The Morgan fingerprint density at radius 3 is 2.68 bits per heavy atom. The van der Waals surface area contributed by atoms with E-state index in [4.69, 9.17) is 0 Å². The zero-order chi connectivity index (χ0) is 19.3. The lowest BCUT2D eigenvalue weighted by molar-refractivity contribution is 0.0588. The van der Waals surface area contributed by atoms with E-state index in [1.165, 1.54) is 0 Å². The Bertz CT molecular complexity index is 1100. The number of para-hydroxylation sites is 1. The molecule has 1 fully saturated rings. The largest absolute Gasteiger partial charge is 0.336 e. The first-order valence-corrected chi connectivity index (χ1v) is 9.58. The molecule has 0 spiro atoms. The van der Waals surface area contributed by atoms with Gasteiger partial charge in [-0.15, -0.1) is 5.10 Å². The standard InChI is InChI=1S/C21H21N5O2/c1-14-20(22-23-26(14)17-6-3-2-4-7-17)21(28)24-11-15-10-16(13-24)18-8-5-9-19(27)25(18)12-15/h2-9,15-16H,10-13H2,1H3/t15-,16+/m1/s1. The SMILES string of the molecule is Cc1c(C(=O)N2C[C@H]3C[C@@H](C2)c2cccc(=O)n2C3)nnn1-c1ccccc1. The van der Waals surface area contributed by atoms with Gasteiger partial charge in [0.2, 0.25) is 0 Å². The summed E-state index contributed by atoms with van der Waals surface area (Å²) in [7, 11) is 0. The van der Waals surface area contributed by atoms with Crippen LogP contribution in [0.1, 0.15) is 34.2 Å². The number of nitrogens with zero attached hydrogens (tertiary/aromatic N) is 5. The second kappa shape index (κ2) is 6.44. The van der Waals surface area contributed by atoms with Crippen LogP contribution in [0.25, 0.3) is 5.69 Å². The third-order valence-electron chi connectivity index (χ3n) is 5.86. The van der Waals surface area contributed by atoms with Gasteiger partial charge >= 0.3 is 0 Å². The van der Waals surface area contributed by atoms with E-state index in [2.05, 4.69) is 10.3 Å². The van der Waals surface area contributed by atoms with Gasteiger partial charge in [-0.25, -0.2) is 4.68 Å². The van der Waals surface area contributed by atoms with Crippen molar-refractivity contribution in [2.45, 2.75) is 25.8 Å². The molecule has 0 N–H and O–H groups in total. The molecule has 0 radical (unpaired) electrons. The maximum absolute atomic E-state index is 13.2. The molecule has 2 atom stereocenters. The Labute approximate surface area is 162 Å². The van der Waals surface area contributed by atoms with Crippen LogP contribution in [0.4, 0.5) is 0 Å². The van der Waals surface area contributed by atoms with Gasteiger partial charge in [0, 0.05) is 37.3 Å². The quantitative estimate of drug-likeness (QED) is 0.687. The molecule has 1 aromatic carbocycles. The van der Waals surface area contributed by atoms with Gasteiger partial charge in [-0.05, 0) is 37.5 Å². The Morgan fingerprint density at radius 2 is 1.86 bits per heavy atom. The fourth-order valence-corrected chi connectivity index (χ4v) is 4.55. The van der Waals surface area contributed by atoms with E-state index in [1.807, 2.05) is 58.9 Å². The summed E-state index contributed by atoms with van der Waals surface area (Å²) in [5.74, 6) is 0.399. The number of rotatable bonds is 2. The van der Waals surface area contributed by atoms with Gasteiger partial charge in [-0.3, -0.25) is 9.59 Å². The monoisotopic (exact) mass is 375 g/mol. The Morgan fingerprint density at radius 1 is 1.04 bits per heavy atom. The van der Waals surface area contributed by atoms with Crippen LogP contribution in [0.15, 0.2) is 53.3 Å². The van der Waals surface area contributed by atoms with Crippen molar-refractivity contribution in [1.29, 1.82) is 0 Å². The van der Waals surface area contributed by atoms with Crippen molar-refractivity contribution in [2.24, 2.45) is 5.92 Å². The zero-order valence-electron chi connectivity index (χ0n) is 15.7. The maximum atomic E-state index is 13.2. The number of benzene rings is 1. The van der Waals surface area contributed by atoms with E-state index < -0.39 is 0 Å². The van der Waals surface area contributed by atoms with Crippen LogP contribution in [0, 0.1) is 12.8 Å². The number of hydrogen-bond acceptors (Lipinski definition) is 4. The second-order valence-electron chi connectivity index (χ2n) is 7.68. The van der Waals surface area contributed by atoms with Gasteiger partial charge in [0.1, 0.15) is 0 Å². The first-order valence-electron chi connectivity index (χ1n) is 9.58. The van der Waals surface area contributed by atoms with Crippen LogP contribution in [0.5, 0.6) is 0 Å². The van der Waals surface area contributed by atoms with Crippen LogP contribution < -0.4 is 5.56 Å². The summed E-state index contributed by atoms with van der Waals surface area (Å²) in [5.41, 5.74) is 3.10. The molecule has 3 aromatic rings. The summed E-state index contributed by atoms with van der Waals surface area (Å²) in [6.45, 7) is 3.80. The molecule has 0 unspecified atom stereocenters. The zero-order valence-corrected chi connectivity index (χ0v) is 15.7. The van der Waals surface area contributed by atoms with Crippen molar-refractivity contribution in [2.75, 3.05) is 13.1 Å². The van der Waals surface area contributed by atoms with Gasteiger partial charge < -0.3 is 9.47 Å². The highest BCUT2D eigenvalue weighted by Gasteiger charge is 2.37. The molecule has 142 valence electrons. The van der Waals surface area contributed by atoms with Crippen molar-refractivity contribution in [3.63, 3.8) is 0 Å². The molecule has 1 saturated heterocycles. The number of pyridine rings is 1. The highest BCUT2D eigenvalue weighted by molar-refractivity contribution is 5.93. The molecule has 4 heterocycles. The predicted molar refractivity (Wildman–Crippen MR) is 104 cm³/mol. The van der Waals surface area contributed by atoms with Gasteiger partial charge in [0.05, 0.1) is 11.4 Å². The minimum absolute atomic E-state index is 0.0497. The summed E-state index contributed by atoms with van der Waals surface area (Å²) in [4.78, 5) is 27.3. The van der Waals surface area contributed by atoms with Crippen LogP contribution in [-0.4, -0.2) is 43.5 Å². The van der Waals surface area contributed by atoms with Gasteiger partial charge in [-0.1, -0.05) is 29.5 Å². The molecule has 7 heteroatoms. The number of piperidine rings is 1. The third kappa shape index (κ3) is 2.66. The van der Waals surface area contributed by atoms with Gasteiger partial charge in [0.25, 0.3) is 11.5 Å². The predicted octanol–water partition coefficient (Wildman–Crippen LogP) is 2.00. The molecular weight excluding hydrogens is 354 g/mol. The first kappa shape index (κ1) is 16.9. The van der Waals surface area contributed by atoms with Crippen molar-refractivity contribution in [3.8, 4) is 5.69 Å². The van der Waals surface area contributed by atoms with Gasteiger partial charge in [-0.2, -0.15) is 0 Å². The molecule has 2 aliphatic heterocycles. The Kier molecular flexibility index (Phi) is 3.89. The van der Waals surface area contributed by atoms with E-state index >= 15 is 0 Å². The highest BCUT2D eigenvalue weighted by Crippen LogP contribution is 2.35. The average molecular weight is 375 g/mol. The molecule has 0 saturated carbocycles. The average Bonchev–Trinajstić information content (AvgIpc) is 3.10. The second-order valence-corrected chi connectivity index (χ2v) is 7.68. The number of aromatic nitrogens is 4. The lowest BCUT2D eigenvalue weighted by atomic mass is 9.83. The van der Waals surface area contributed by atoms with E-state index in [9.17, 15) is 9.59 Å². The highest BCUT2D eigenvalue weighted by atomic mass is 16.2. The van der Waals surface area contributed by atoms with E-state index in [0.29, 0.717) is 31.2 Å². The molecular formula is C21H21N5O2. The molecule has 1 amide bonds. The number of carbonyl (C=O) groups is 1. The lowest BCUT2D eigenvalue weighted by Gasteiger charge is -2.42. The van der Waals surface area contributed by atoms with E-state index in [0.717, 1.165) is 23.5 Å². The van der Waals surface area contributed by atoms with Crippen LogP contribution in [0.2, 0.25) is 0 Å². The Hall–Kier alpha value is -3.22. The summed E-state index contributed by atoms with van der Waals surface area (Å²) in [6, 6.07) is 15.1. The van der Waals surface area contributed by atoms with Crippen molar-refractivity contribution < 1.29 is 4.79 Å². The summed E-state index contributed by atoms with van der Waals surface area (Å²) in [6.07, 6.45) is 1.02. The summed E-state index contributed by atoms with van der Waals surface area (Å²) >= 11 is 0. The molecule has 7 nitrogen and oxygen atoms in total. The van der Waals surface area contributed by atoms with Crippen LogP contribution in [-0.2, 0) is 6.54 Å². The van der Waals surface area contributed by atoms with Crippen LogP contribution in [0.3, 0.4) is 0 Å². The molecule has 2 bridgehead atoms. The van der Waals surface area contributed by atoms with Crippen molar-refractivity contribution in [1.82, 2.24) is 24.5 Å². The number of hydrogen-bond donors (Lipinski definition) is 0. The molecule has 2 aliphatic rings. The summed E-state index contributed by atoms with van der Waals surface area (Å²) < 4.78 is 3.57. The number of likely N-dealkylation sites (tertiary alicyclic amines) is 1. The van der Waals surface area contributed by atoms with Gasteiger partial charge in [0.15, 0.2) is 5.69 Å². The smallest absolute Gasteiger partial charge is 0.276 e. The van der Waals surface area contributed by atoms with E-state index in [1.54, 1.807) is 10.7 Å². The number of amides is 1.